The van der Waals surface area contributed by atoms with Gasteiger partial charge in [-0.15, -0.1) is 0 Å². The summed E-state index contributed by atoms with van der Waals surface area (Å²) in [6.07, 6.45) is 1.15. The minimum absolute atomic E-state index is 0.332. The van der Waals surface area contributed by atoms with Crippen LogP contribution in [-0.2, 0) is 11.3 Å². The molecule has 0 spiro atoms. The summed E-state index contributed by atoms with van der Waals surface area (Å²) < 4.78 is 10.6. The second kappa shape index (κ2) is 8.95. The SMILES string of the molecule is COCc1cc(C(C)NCCCN(C)C)ccc1OC. The molecule has 0 amide bonds. The minimum atomic E-state index is 0.332. The van der Waals surface area contributed by atoms with Gasteiger partial charge >= 0.3 is 0 Å². The van der Waals surface area contributed by atoms with Crippen molar-refractivity contribution in [3.05, 3.63) is 29.3 Å². The van der Waals surface area contributed by atoms with E-state index in [1.165, 1.54) is 5.56 Å². The Hall–Kier alpha value is -1.10. The molecule has 0 radical (unpaired) electrons. The summed E-state index contributed by atoms with van der Waals surface area (Å²) in [5.41, 5.74) is 2.36. The summed E-state index contributed by atoms with van der Waals surface area (Å²) in [6, 6.07) is 6.62. The predicted molar refractivity (Wildman–Crippen MR) is 83.3 cm³/mol. The van der Waals surface area contributed by atoms with Crippen molar-refractivity contribution in [1.29, 1.82) is 0 Å². The summed E-state index contributed by atoms with van der Waals surface area (Å²) in [7, 11) is 7.60. The van der Waals surface area contributed by atoms with Crippen LogP contribution in [0.3, 0.4) is 0 Å². The highest BCUT2D eigenvalue weighted by Crippen LogP contribution is 2.23. The van der Waals surface area contributed by atoms with Gasteiger partial charge in [-0.2, -0.15) is 0 Å². The Labute approximate surface area is 123 Å². The maximum absolute atomic E-state index is 5.35. The van der Waals surface area contributed by atoms with E-state index in [1.807, 2.05) is 6.07 Å². The van der Waals surface area contributed by atoms with Crippen LogP contribution in [0.25, 0.3) is 0 Å². The van der Waals surface area contributed by atoms with E-state index in [1.54, 1.807) is 14.2 Å². The molecule has 0 saturated heterocycles. The average molecular weight is 280 g/mol. The van der Waals surface area contributed by atoms with Crippen molar-refractivity contribution in [2.75, 3.05) is 41.4 Å². The van der Waals surface area contributed by atoms with E-state index in [0.29, 0.717) is 12.6 Å². The van der Waals surface area contributed by atoms with Gasteiger partial charge in [0.2, 0.25) is 0 Å². The summed E-state index contributed by atoms with van der Waals surface area (Å²) >= 11 is 0. The van der Waals surface area contributed by atoms with Crippen LogP contribution in [0.1, 0.15) is 30.5 Å². The molecule has 0 aliphatic rings. The van der Waals surface area contributed by atoms with E-state index in [9.17, 15) is 0 Å². The monoisotopic (exact) mass is 280 g/mol. The quantitative estimate of drug-likeness (QED) is 0.705. The Balaban J connectivity index is 2.58. The number of methoxy groups -OCH3 is 2. The van der Waals surface area contributed by atoms with Gasteiger partial charge in [-0.25, -0.2) is 0 Å². The number of rotatable bonds is 9. The van der Waals surface area contributed by atoms with Crippen LogP contribution in [0.5, 0.6) is 5.75 Å². The van der Waals surface area contributed by atoms with Crippen LogP contribution in [-0.4, -0.2) is 46.3 Å². The Morgan fingerprint density at radius 2 is 2.00 bits per heavy atom. The standard InChI is InChI=1S/C16H28N2O2/c1-13(17-9-6-10-18(2)3)14-7-8-16(20-5)15(11-14)12-19-4/h7-8,11,13,17H,6,9-10,12H2,1-5H3. The first-order chi connectivity index (χ1) is 9.58. The molecule has 1 unspecified atom stereocenters. The molecule has 0 bridgehead atoms. The molecular formula is C16H28N2O2. The average Bonchev–Trinajstić information content (AvgIpc) is 2.43. The lowest BCUT2D eigenvalue weighted by Gasteiger charge is -2.17. The Kier molecular flexibility index (Phi) is 7.59. The summed E-state index contributed by atoms with van der Waals surface area (Å²) in [5.74, 6) is 0.885. The lowest BCUT2D eigenvalue weighted by molar-refractivity contribution is 0.181. The van der Waals surface area contributed by atoms with Gasteiger partial charge < -0.3 is 19.7 Å². The highest BCUT2D eigenvalue weighted by atomic mass is 16.5. The Bertz CT molecular complexity index is 394. The highest BCUT2D eigenvalue weighted by Gasteiger charge is 2.09. The highest BCUT2D eigenvalue weighted by molar-refractivity contribution is 5.38. The van der Waals surface area contributed by atoms with Crippen LogP contribution in [0, 0.1) is 0 Å². The first-order valence-electron chi connectivity index (χ1n) is 7.12. The van der Waals surface area contributed by atoms with E-state index < -0.39 is 0 Å². The third-order valence-electron chi connectivity index (χ3n) is 3.34. The molecule has 1 aromatic rings. The topological polar surface area (TPSA) is 33.7 Å². The molecular weight excluding hydrogens is 252 g/mol. The predicted octanol–water partition coefficient (Wildman–Crippen LogP) is 2.44. The maximum Gasteiger partial charge on any atom is 0.124 e. The summed E-state index contributed by atoms with van der Waals surface area (Å²) in [6.45, 7) is 4.89. The van der Waals surface area contributed by atoms with Gasteiger partial charge in [-0.05, 0) is 58.2 Å². The van der Waals surface area contributed by atoms with Gasteiger partial charge in [0.25, 0.3) is 0 Å². The molecule has 1 N–H and O–H groups in total. The van der Waals surface area contributed by atoms with E-state index >= 15 is 0 Å². The van der Waals surface area contributed by atoms with Crippen LogP contribution < -0.4 is 10.1 Å². The number of hydrogen-bond donors (Lipinski definition) is 1. The molecule has 20 heavy (non-hydrogen) atoms. The zero-order chi connectivity index (χ0) is 15.0. The van der Waals surface area contributed by atoms with Crippen molar-refractivity contribution < 1.29 is 9.47 Å². The van der Waals surface area contributed by atoms with Crippen molar-refractivity contribution >= 4 is 0 Å². The molecule has 1 rings (SSSR count). The Morgan fingerprint density at radius 3 is 2.60 bits per heavy atom. The molecule has 0 fully saturated rings. The van der Waals surface area contributed by atoms with Crippen LogP contribution >= 0.6 is 0 Å². The lowest BCUT2D eigenvalue weighted by Crippen LogP contribution is -2.23. The van der Waals surface area contributed by atoms with Crippen molar-refractivity contribution in [2.24, 2.45) is 0 Å². The molecule has 0 aliphatic heterocycles. The van der Waals surface area contributed by atoms with Crippen LogP contribution in [0.15, 0.2) is 18.2 Å². The fraction of sp³-hybridized carbons (Fsp3) is 0.625. The van der Waals surface area contributed by atoms with Crippen LogP contribution in [0.4, 0.5) is 0 Å². The number of benzene rings is 1. The zero-order valence-electron chi connectivity index (χ0n) is 13.4. The van der Waals surface area contributed by atoms with E-state index in [4.69, 9.17) is 9.47 Å². The fourth-order valence-electron chi connectivity index (χ4n) is 2.17. The first-order valence-corrected chi connectivity index (χ1v) is 7.12. The van der Waals surface area contributed by atoms with Gasteiger partial charge in [0.15, 0.2) is 0 Å². The van der Waals surface area contributed by atoms with E-state index in [0.717, 1.165) is 30.8 Å². The zero-order valence-corrected chi connectivity index (χ0v) is 13.4. The van der Waals surface area contributed by atoms with Crippen molar-refractivity contribution in [3.63, 3.8) is 0 Å². The normalized spacial score (nSPS) is 12.7. The molecule has 4 nitrogen and oxygen atoms in total. The minimum Gasteiger partial charge on any atom is -0.496 e. The van der Waals surface area contributed by atoms with Gasteiger partial charge in [-0.1, -0.05) is 6.07 Å². The number of hydrogen-bond acceptors (Lipinski definition) is 4. The van der Waals surface area contributed by atoms with Crippen molar-refractivity contribution in [3.8, 4) is 5.75 Å². The number of ether oxygens (including phenoxy) is 2. The van der Waals surface area contributed by atoms with Crippen molar-refractivity contribution in [2.45, 2.75) is 26.0 Å². The van der Waals surface area contributed by atoms with Gasteiger partial charge in [0, 0.05) is 18.7 Å². The smallest absolute Gasteiger partial charge is 0.124 e. The largest absolute Gasteiger partial charge is 0.496 e. The fourth-order valence-corrected chi connectivity index (χ4v) is 2.17. The third kappa shape index (κ3) is 5.49. The van der Waals surface area contributed by atoms with Crippen LogP contribution in [0.2, 0.25) is 0 Å². The molecule has 0 aromatic heterocycles. The third-order valence-corrected chi connectivity index (χ3v) is 3.34. The second-order valence-corrected chi connectivity index (χ2v) is 5.34. The van der Waals surface area contributed by atoms with E-state index in [2.05, 4.69) is 43.4 Å². The van der Waals surface area contributed by atoms with Crippen molar-refractivity contribution in [1.82, 2.24) is 10.2 Å². The molecule has 1 atom stereocenters. The van der Waals surface area contributed by atoms with Gasteiger partial charge in [-0.3, -0.25) is 0 Å². The maximum atomic E-state index is 5.35. The van der Waals surface area contributed by atoms with E-state index in [-0.39, 0.29) is 0 Å². The summed E-state index contributed by atoms with van der Waals surface area (Å²) in [5, 5.41) is 3.55. The van der Waals surface area contributed by atoms with Gasteiger partial charge in [0.05, 0.1) is 13.7 Å². The summed E-state index contributed by atoms with van der Waals surface area (Å²) in [4.78, 5) is 2.20. The molecule has 0 aliphatic carbocycles. The molecule has 1 aromatic carbocycles. The number of nitrogens with one attached hydrogen (secondary N) is 1. The second-order valence-electron chi connectivity index (χ2n) is 5.34. The van der Waals surface area contributed by atoms with Gasteiger partial charge in [0.1, 0.15) is 5.75 Å². The molecule has 114 valence electrons. The Morgan fingerprint density at radius 1 is 1.25 bits per heavy atom. The number of nitrogens with zero attached hydrogens (tertiary/aromatic N) is 1. The lowest BCUT2D eigenvalue weighted by atomic mass is 10.0. The first kappa shape index (κ1) is 17.0. The molecule has 0 saturated carbocycles. The molecule has 4 heteroatoms. The molecule has 0 heterocycles.